The summed E-state index contributed by atoms with van der Waals surface area (Å²) >= 11 is 0. The predicted octanol–water partition coefficient (Wildman–Crippen LogP) is 4.42. The maximum atomic E-state index is 12.6. The largest absolute Gasteiger partial charge is 0.493 e. The molecular formula is C17H16F3NO2. The molecule has 2 aromatic carbocycles. The maximum absolute atomic E-state index is 12.6. The molecule has 0 fully saturated rings. The highest BCUT2D eigenvalue weighted by Crippen LogP contribution is 2.30. The molecule has 23 heavy (non-hydrogen) atoms. The number of benzene rings is 2. The van der Waals surface area contributed by atoms with Gasteiger partial charge in [0.15, 0.2) is 0 Å². The van der Waals surface area contributed by atoms with Crippen molar-refractivity contribution in [3.63, 3.8) is 0 Å². The number of halogens is 3. The van der Waals surface area contributed by atoms with Crippen molar-refractivity contribution in [2.45, 2.75) is 19.5 Å². The lowest BCUT2D eigenvalue weighted by molar-refractivity contribution is -0.137. The summed E-state index contributed by atoms with van der Waals surface area (Å²) in [7, 11) is 0. The average Bonchev–Trinajstić information content (AvgIpc) is 2.48. The molecule has 3 nitrogen and oxygen atoms in total. The van der Waals surface area contributed by atoms with E-state index in [0.29, 0.717) is 5.75 Å². The van der Waals surface area contributed by atoms with Crippen molar-refractivity contribution in [2.24, 2.45) is 0 Å². The summed E-state index contributed by atoms with van der Waals surface area (Å²) in [5.74, 6) is 0.275. The molecule has 0 spiro atoms. The summed E-state index contributed by atoms with van der Waals surface area (Å²) in [6.07, 6.45) is -4.39. The number of ether oxygens (including phenoxy) is 1. The monoisotopic (exact) mass is 323 g/mol. The van der Waals surface area contributed by atoms with E-state index in [9.17, 15) is 18.0 Å². The van der Waals surface area contributed by atoms with Gasteiger partial charge >= 0.3 is 6.18 Å². The van der Waals surface area contributed by atoms with Crippen LogP contribution in [-0.4, -0.2) is 12.5 Å². The summed E-state index contributed by atoms with van der Waals surface area (Å²) in [5, 5.41) is 2.44. The Hall–Kier alpha value is -2.50. The van der Waals surface area contributed by atoms with Gasteiger partial charge in [-0.3, -0.25) is 4.79 Å². The highest BCUT2D eigenvalue weighted by atomic mass is 19.4. The van der Waals surface area contributed by atoms with Gasteiger partial charge in [0.2, 0.25) is 5.91 Å². The van der Waals surface area contributed by atoms with Gasteiger partial charge in [0, 0.05) is 5.69 Å². The molecule has 0 aliphatic carbocycles. The van der Waals surface area contributed by atoms with Crippen molar-refractivity contribution < 1.29 is 22.7 Å². The molecule has 0 bridgehead atoms. The van der Waals surface area contributed by atoms with E-state index in [1.165, 1.54) is 12.1 Å². The smallest absolute Gasteiger partial charge is 0.416 e. The Balaban J connectivity index is 1.87. The fourth-order valence-corrected chi connectivity index (χ4v) is 1.97. The summed E-state index contributed by atoms with van der Waals surface area (Å²) in [6, 6.07) is 11.9. The van der Waals surface area contributed by atoms with Gasteiger partial charge in [0.1, 0.15) is 5.75 Å². The van der Waals surface area contributed by atoms with Crippen LogP contribution in [0.4, 0.5) is 18.9 Å². The molecule has 1 amide bonds. The van der Waals surface area contributed by atoms with Crippen molar-refractivity contribution in [1.82, 2.24) is 0 Å². The van der Waals surface area contributed by atoms with Gasteiger partial charge in [-0.25, -0.2) is 0 Å². The third-order valence-electron chi connectivity index (χ3n) is 3.15. The highest BCUT2D eigenvalue weighted by molar-refractivity contribution is 5.90. The number of rotatable bonds is 5. The van der Waals surface area contributed by atoms with Crippen LogP contribution < -0.4 is 10.1 Å². The minimum atomic E-state index is -4.44. The predicted molar refractivity (Wildman–Crippen MR) is 81.4 cm³/mol. The van der Waals surface area contributed by atoms with Crippen molar-refractivity contribution in [1.29, 1.82) is 0 Å². The summed E-state index contributed by atoms with van der Waals surface area (Å²) < 4.78 is 43.3. The van der Waals surface area contributed by atoms with E-state index in [4.69, 9.17) is 4.74 Å². The number of carbonyl (C=O) groups is 1. The number of aryl methyl sites for hydroxylation is 1. The second kappa shape index (κ2) is 7.17. The molecule has 2 rings (SSSR count). The zero-order valence-corrected chi connectivity index (χ0v) is 12.5. The van der Waals surface area contributed by atoms with Gasteiger partial charge in [-0.05, 0) is 36.8 Å². The Morgan fingerprint density at radius 2 is 1.87 bits per heavy atom. The second-order valence-electron chi connectivity index (χ2n) is 4.99. The van der Waals surface area contributed by atoms with Gasteiger partial charge < -0.3 is 10.1 Å². The molecule has 1 N–H and O–H groups in total. The quantitative estimate of drug-likeness (QED) is 0.884. The van der Waals surface area contributed by atoms with E-state index in [1.807, 2.05) is 25.1 Å². The molecule has 0 saturated heterocycles. The Morgan fingerprint density at radius 1 is 1.13 bits per heavy atom. The molecule has 0 atom stereocenters. The second-order valence-corrected chi connectivity index (χ2v) is 4.99. The van der Waals surface area contributed by atoms with E-state index in [1.54, 1.807) is 6.07 Å². The number of hydrogen-bond acceptors (Lipinski definition) is 2. The first-order chi connectivity index (χ1) is 10.9. The van der Waals surface area contributed by atoms with E-state index < -0.39 is 17.6 Å². The van der Waals surface area contributed by atoms with Crippen LogP contribution in [0.5, 0.6) is 5.75 Å². The molecule has 0 radical (unpaired) electrons. The zero-order valence-electron chi connectivity index (χ0n) is 12.5. The van der Waals surface area contributed by atoms with Crippen molar-refractivity contribution in [3.05, 3.63) is 59.7 Å². The Labute approximate surface area is 132 Å². The minimum absolute atomic E-state index is 0.0462. The minimum Gasteiger partial charge on any atom is -0.493 e. The van der Waals surface area contributed by atoms with Crippen LogP contribution in [0.1, 0.15) is 17.5 Å². The first kappa shape index (κ1) is 16.9. The van der Waals surface area contributed by atoms with Crippen LogP contribution in [-0.2, 0) is 11.0 Å². The standard InChI is InChI=1S/C17H16F3NO2/c1-12-5-2-3-8-15(12)23-10-9-16(22)21-14-7-4-6-13(11-14)17(18,19)20/h2-8,11H,9-10H2,1H3,(H,21,22). The summed E-state index contributed by atoms with van der Waals surface area (Å²) in [4.78, 5) is 11.8. The Bertz CT molecular complexity index is 684. The lowest BCUT2D eigenvalue weighted by Crippen LogP contribution is -2.16. The first-order valence-electron chi connectivity index (χ1n) is 7.02. The number of hydrogen-bond donors (Lipinski definition) is 1. The van der Waals surface area contributed by atoms with Gasteiger partial charge in [0.25, 0.3) is 0 Å². The Morgan fingerprint density at radius 3 is 2.57 bits per heavy atom. The molecule has 0 unspecified atom stereocenters. The van der Waals surface area contributed by atoms with Crippen LogP contribution in [0.2, 0.25) is 0 Å². The molecular weight excluding hydrogens is 307 g/mol. The molecule has 0 aliphatic rings. The van der Waals surface area contributed by atoms with Crippen LogP contribution in [0.25, 0.3) is 0 Å². The zero-order chi connectivity index (χ0) is 16.9. The molecule has 0 heterocycles. The topological polar surface area (TPSA) is 38.3 Å². The summed E-state index contributed by atoms with van der Waals surface area (Å²) in [6.45, 7) is 2.04. The SMILES string of the molecule is Cc1ccccc1OCCC(=O)Nc1cccc(C(F)(F)F)c1. The normalized spacial score (nSPS) is 11.1. The molecule has 6 heteroatoms. The fourth-order valence-electron chi connectivity index (χ4n) is 1.97. The van der Waals surface area contributed by atoms with Gasteiger partial charge in [-0.15, -0.1) is 0 Å². The third kappa shape index (κ3) is 5.02. The number of nitrogens with one attached hydrogen (secondary N) is 1. The van der Waals surface area contributed by atoms with Crippen molar-refractivity contribution in [3.8, 4) is 5.75 Å². The molecule has 0 saturated carbocycles. The molecule has 0 aliphatic heterocycles. The third-order valence-corrected chi connectivity index (χ3v) is 3.15. The van der Waals surface area contributed by atoms with Gasteiger partial charge in [-0.1, -0.05) is 24.3 Å². The molecule has 2 aromatic rings. The number of para-hydroxylation sites is 1. The van der Waals surface area contributed by atoms with Crippen LogP contribution in [0.15, 0.2) is 48.5 Å². The fraction of sp³-hybridized carbons (Fsp3) is 0.235. The van der Waals surface area contributed by atoms with Gasteiger partial charge in [-0.2, -0.15) is 13.2 Å². The Kier molecular flexibility index (Phi) is 5.26. The van der Waals surface area contributed by atoms with Crippen LogP contribution >= 0.6 is 0 Å². The highest BCUT2D eigenvalue weighted by Gasteiger charge is 2.30. The molecule has 0 aromatic heterocycles. The van der Waals surface area contributed by atoms with Crippen LogP contribution in [0, 0.1) is 6.92 Å². The van der Waals surface area contributed by atoms with E-state index in [2.05, 4.69) is 5.32 Å². The van der Waals surface area contributed by atoms with E-state index in [0.717, 1.165) is 17.7 Å². The van der Waals surface area contributed by atoms with E-state index >= 15 is 0 Å². The summed E-state index contributed by atoms with van der Waals surface area (Å²) in [5.41, 5.74) is 0.262. The van der Waals surface area contributed by atoms with E-state index in [-0.39, 0.29) is 18.7 Å². The van der Waals surface area contributed by atoms with Crippen molar-refractivity contribution >= 4 is 11.6 Å². The van der Waals surface area contributed by atoms with Gasteiger partial charge in [0.05, 0.1) is 18.6 Å². The number of anilines is 1. The number of alkyl halides is 3. The molecule has 122 valence electrons. The lowest BCUT2D eigenvalue weighted by atomic mass is 10.2. The number of carbonyl (C=O) groups excluding carboxylic acids is 1. The maximum Gasteiger partial charge on any atom is 0.416 e. The first-order valence-corrected chi connectivity index (χ1v) is 7.02. The van der Waals surface area contributed by atoms with Crippen LogP contribution in [0.3, 0.4) is 0 Å². The number of amides is 1. The average molecular weight is 323 g/mol. The lowest BCUT2D eigenvalue weighted by Gasteiger charge is -2.11. The van der Waals surface area contributed by atoms with Crippen molar-refractivity contribution in [2.75, 3.05) is 11.9 Å².